The van der Waals surface area contributed by atoms with Crippen LogP contribution in [0.5, 0.6) is 0 Å². The molecule has 132 valence electrons. The Morgan fingerprint density at radius 2 is 1.35 bits per heavy atom. The van der Waals surface area contributed by atoms with Gasteiger partial charge < -0.3 is 0 Å². The molecular formula is C24H25OP. The van der Waals surface area contributed by atoms with Crippen molar-refractivity contribution in [2.24, 2.45) is 0 Å². The standard InChI is InChI=1S/C24H25OP/c1-17-14-19(3)23(20(4)15-17)16-26(21-11-6-5-7-12-21)24(25)22-13-9-8-10-18(22)2/h5-15H,16H2,1-4H3. The number of carbonyl (C=O) groups is 1. The molecule has 3 aromatic carbocycles. The van der Waals surface area contributed by atoms with E-state index in [2.05, 4.69) is 45.0 Å². The lowest BCUT2D eigenvalue weighted by molar-refractivity contribution is 0.108. The lowest BCUT2D eigenvalue weighted by Crippen LogP contribution is -2.12. The maximum Gasteiger partial charge on any atom is 0.189 e. The summed E-state index contributed by atoms with van der Waals surface area (Å²) in [5.74, 6) is 0. The first-order chi connectivity index (χ1) is 12.5. The SMILES string of the molecule is Cc1cc(C)c(CP(C(=O)c2ccccc2C)c2ccccc2)c(C)c1. The Hall–Kier alpha value is -2.24. The van der Waals surface area contributed by atoms with Gasteiger partial charge in [-0.05, 0) is 55.3 Å². The van der Waals surface area contributed by atoms with Crippen LogP contribution >= 0.6 is 7.92 Å². The van der Waals surface area contributed by atoms with E-state index >= 15 is 0 Å². The van der Waals surface area contributed by atoms with Crippen molar-refractivity contribution < 1.29 is 4.79 Å². The van der Waals surface area contributed by atoms with Crippen LogP contribution in [0.3, 0.4) is 0 Å². The van der Waals surface area contributed by atoms with Crippen LogP contribution in [0.15, 0.2) is 66.7 Å². The van der Waals surface area contributed by atoms with Gasteiger partial charge in [0.2, 0.25) is 0 Å². The monoisotopic (exact) mass is 360 g/mol. The van der Waals surface area contributed by atoms with E-state index in [1.54, 1.807) is 0 Å². The average molecular weight is 360 g/mol. The van der Waals surface area contributed by atoms with Gasteiger partial charge in [-0.1, -0.05) is 72.3 Å². The quantitative estimate of drug-likeness (QED) is 0.505. The molecule has 0 saturated heterocycles. The van der Waals surface area contributed by atoms with Crippen LogP contribution in [0.2, 0.25) is 0 Å². The van der Waals surface area contributed by atoms with Gasteiger partial charge in [0, 0.05) is 19.6 Å². The van der Waals surface area contributed by atoms with Crippen molar-refractivity contribution in [2.75, 3.05) is 0 Å². The summed E-state index contributed by atoms with van der Waals surface area (Å²) in [7, 11) is -0.967. The zero-order chi connectivity index (χ0) is 18.7. The number of benzene rings is 3. The smallest absolute Gasteiger partial charge is 0.189 e. The summed E-state index contributed by atoms with van der Waals surface area (Å²) in [6, 6.07) is 22.7. The van der Waals surface area contributed by atoms with Gasteiger partial charge in [-0.2, -0.15) is 0 Å². The van der Waals surface area contributed by atoms with Crippen LogP contribution in [0, 0.1) is 27.7 Å². The van der Waals surface area contributed by atoms with Gasteiger partial charge in [-0.3, -0.25) is 4.79 Å². The summed E-state index contributed by atoms with van der Waals surface area (Å²) < 4.78 is 0. The summed E-state index contributed by atoms with van der Waals surface area (Å²) >= 11 is 0. The molecule has 0 aliphatic rings. The maximum atomic E-state index is 13.5. The van der Waals surface area contributed by atoms with Crippen LogP contribution in [-0.2, 0) is 6.16 Å². The van der Waals surface area contributed by atoms with E-state index in [0.29, 0.717) is 0 Å². The molecule has 0 fully saturated rings. The molecule has 0 radical (unpaired) electrons. The van der Waals surface area contributed by atoms with Crippen molar-refractivity contribution in [1.29, 1.82) is 0 Å². The Labute approximate surface area is 157 Å². The fraction of sp³-hybridized carbons (Fsp3) is 0.208. The van der Waals surface area contributed by atoms with E-state index in [4.69, 9.17) is 0 Å². The van der Waals surface area contributed by atoms with Crippen LogP contribution < -0.4 is 5.30 Å². The third-order valence-corrected chi connectivity index (χ3v) is 7.13. The molecule has 0 N–H and O–H groups in total. The molecule has 1 nitrogen and oxygen atoms in total. The molecule has 1 atom stereocenters. The third kappa shape index (κ3) is 3.94. The Balaban J connectivity index is 2.06. The van der Waals surface area contributed by atoms with Gasteiger partial charge in [0.25, 0.3) is 0 Å². The van der Waals surface area contributed by atoms with Gasteiger partial charge in [0.05, 0.1) is 0 Å². The van der Waals surface area contributed by atoms with Crippen LogP contribution in [0.25, 0.3) is 0 Å². The minimum Gasteiger partial charge on any atom is -0.289 e. The molecule has 3 aromatic rings. The molecule has 0 saturated carbocycles. The molecule has 0 aromatic heterocycles. The molecule has 0 spiro atoms. The lowest BCUT2D eigenvalue weighted by Gasteiger charge is -2.21. The summed E-state index contributed by atoms with van der Waals surface area (Å²) in [6.07, 6.45) is 0.796. The predicted octanol–water partition coefficient (Wildman–Crippen LogP) is 6.07. The summed E-state index contributed by atoms with van der Waals surface area (Å²) in [6.45, 7) is 8.47. The number of carbonyl (C=O) groups excluding carboxylic acids is 1. The molecular weight excluding hydrogens is 335 g/mol. The molecule has 3 rings (SSSR count). The molecule has 0 bridgehead atoms. The number of hydrogen-bond acceptors (Lipinski definition) is 1. The first-order valence-electron chi connectivity index (χ1n) is 8.96. The van der Waals surface area contributed by atoms with Gasteiger partial charge in [-0.25, -0.2) is 0 Å². The highest BCUT2D eigenvalue weighted by atomic mass is 31.1. The van der Waals surface area contributed by atoms with Gasteiger partial charge in [-0.15, -0.1) is 0 Å². The highest BCUT2D eigenvalue weighted by Gasteiger charge is 2.24. The Morgan fingerprint density at radius 1 is 0.769 bits per heavy atom. The fourth-order valence-electron chi connectivity index (χ4n) is 3.46. The van der Waals surface area contributed by atoms with E-state index in [1.165, 1.54) is 22.3 Å². The van der Waals surface area contributed by atoms with Gasteiger partial charge in [0.15, 0.2) is 5.52 Å². The minimum atomic E-state index is -0.967. The summed E-state index contributed by atoms with van der Waals surface area (Å²) in [4.78, 5) is 13.5. The molecule has 0 amide bonds. The molecule has 0 aliphatic carbocycles. The average Bonchev–Trinajstić information content (AvgIpc) is 2.62. The van der Waals surface area contributed by atoms with E-state index in [9.17, 15) is 4.79 Å². The zero-order valence-corrected chi connectivity index (χ0v) is 16.8. The van der Waals surface area contributed by atoms with E-state index in [1.807, 2.05) is 49.4 Å². The van der Waals surface area contributed by atoms with E-state index in [-0.39, 0.29) is 5.52 Å². The second kappa shape index (κ2) is 7.98. The predicted molar refractivity (Wildman–Crippen MR) is 113 cm³/mol. The van der Waals surface area contributed by atoms with Crippen molar-refractivity contribution >= 4 is 18.8 Å². The third-order valence-electron chi connectivity index (χ3n) is 4.85. The number of aryl methyl sites for hydroxylation is 4. The fourth-order valence-corrected chi connectivity index (χ4v) is 5.91. The molecule has 1 unspecified atom stereocenters. The largest absolute Gasteiger partial charge is 0.289 e. The highest BCUT2D eigenvalue weighted by Crippen LogP contribution is 2.44. The molecule has 0 heterocycles. The topological polar surface area (TPSA) is 17.1 Å². The number of hydrogen-bond donors (Lipinski definition) is 0. The molecule has 26 heavy (non-hydrogen) atoms. The van der Waals surface area contributed by atoms with Crippen molar-refractivity contribution in [3.05, 3.63) is 100 Å². The normalized spacial score (nSPS) is 12.0. The Kier molecular flexibility index (Phi) is 5.69. The van der Waals surface area contributed by atoms with Gasteiger partial charge in [0.1, 0.15) is 0 Å². The maximum absolute atomic E-state index is 13.5. The van der Waals surface area contributed by atoms with Crippen molar-refractivity contribution in [3.63, 3.8) is 0 Å². The highest BCUT2D eigenvalue weighted by molar-refractivity contribution is 7.81. The molecule has 2 heteroatoms. The van der Waals surface area contributed by atoms with Crippen molar-refractivity contribution in [2.45, 2.75) is 33.9 Å². The van der Waals surface area contributed by atoms with Crippen LogP contribution in [0.4, 0.5) is 0 Å². The Morgan fingerprint density at radius 3 is 1.96 bits per heavy atom. The molecule has 0 aliphatic heterocycles. The van der Waals surface area contributed by atoms with Gasteiger partial charge >= 0.3 is 0 Å². The summed E-state index contributed by atoms with van der Waals surface area (Å²) in [5.41, 5.74) is 7.32. The van der Waals surface area contributed by atoms with Crippen LogP contribution in [-0.4, -0.2) is 5.52 Å². The van der Waals surface area contributed by atoms with Crippen LogP contribution in [0.1, 0.15) is 38.2 Å². The summed E-state index contributed by atoms with van der Waals surface area (Å²) in [5, 5.41) is 1.15. The zero-order valence-electron chi connectivity index (χ0n) is 15.9. The first-order valence-corrected chi connectivity index (χ1v) is 10.5. The van der Waals surface area contributed by atoms with Crippen molar-refractivity contribution in [1.82, 2.24) is 0 Å². The first kappa shape index (κ1) is 18.5. The second-order valence-electron chi connectivity index (χ2n) is 6.92. The second-order valence-corrected chi connectivity index (χ2v) is 9.01. The van der Waals surface area contributed by atoms with Crippen molar-refractivity contribution in [3.8, 4) is 0 Å². The van der Waals surface area contributed by atoms with E-state index < -0.39 is 7.92 Å². The minimum absolute atomic E-state index is 0.267. The number of rotatable bonds is 5. The lowest BCUT2D eigenvalue weighted by atomic mass is 10.0. The van der Waals surface area contributed by atoms with E-state index in [0.717, 1.165) is 22.6 Å². The Bertz CT molecular complexity index is 905.